The molecule has 1 unspecified atom stereocenters. The third kappa shape index (κ3) is 4.37. The van der Waals surface area contributed by atoms with E-state index in [1.165, 1.54) is 11.8 Å². The molecular weight excluding hydrogens is 333 g/mol. The Morgan fingerprint density at radius 3 is 2.28 bits per heavy atom. The van der Waals surface area contributed by atoms with E-state index in [9.17, 15) is 22.8 Å². The van der Waals surface area contributed by atoms with Crippen LogP contribution in [0.2, 0.25) is 0 Å². The third-order valence-electron chi connectivity index (χ3n) is 3.78. The lowest BCUT2D eigenvalue weighted by molar-refractivity contribution is -0.134. The normalized spacial score (nSPS) is 11.7. The van der Waals surface area contributed by atoms with Crippen molar-refractivity contribution >= 4 is 17.5 Å². The first-order chi connectivity index (χ1) is 11.8. The molecule has 4 nitrogen and oxygen atoms in total. The fraction of sp³-hybridized carbons (Fsp3) is 0.222. The number of rotatable bonds is 5. The van der Waals surface area contributed by atoms with Crippen molar-refractivity contribution in [1.29, 1.82) is 0 Å². The fourth-order valence-electron chi connectivity index (χ4n) is 2.40. The molecule has 2 amide bonds. The number of benzene rings is 2. The average Bonchev–Trinajstić information content (AvgIpc) is 2.60. The Bertz CT molecular complexity index is 781. The second-order valence-corrected chi connectivity index (χ2v) is 5.50. The van der Waals surface area contributed by atoms with Gasteiger partial charge in [-0.3, -0.25) is 9.59 Å². The van der Waals surface area contributed by atoms with Crippen molar-refractivity contribution in [2.45, 2.75) is 19.9 Å². The number of halogens is 3. The van der Waals surface area contributed by atoms with Crippen LogP contribution in [-0.4, -0.2) is 23.3 Å². The van der Waals surface area contributed by atoms with Crippen LogP contribution in [0.15, 0.2) is 42.5 Å². The molecule has 0 aliphatic heterocycles. The zero-order valence-electron chi connectivity index (χ0n) is 13.7. The number of hydrogen-bond acceptors (Lipinski definition) is 2. The van der Waals surface area contributed by atoms with E-state index in [1.807, 2.05) is 18.2 Å². The van der Waals surface area contributed by atoms with Crippen molar-refractivity contribution < 1.29 is 22.8 Å². The van der Waals surface area contributed by atoms with Crippen LogP contribution < -0.4 is 5.32 Å². The van der Waals surface area contributed by atoms with Crippen LogP contribution in [0.5, 0.6) is 0 Å². The van der Waals surface area contributed by atoms with Gasteiger partial charge in [0.05, 0.1) is 11.7 Å². The lowest BCUT2D eigenvalue weighted by Crippen LogP contribution is -2.38. The summed E-state index contributed by atoms with van der Waals surface area (Å²) in [5.74, 6) is -5.57. The molecule has 1 atom stereocenters. The molecule has 0 aliphatic rings. The zero-order valence-corrected chi connectivity index (χ0v) is 13.7. The molecule has 2 rings (SSSR count). The molecule has 2 aromatic carbocycles. The Hall–Kier alpha value is -2.83. The van der Waals surface area contributed by atoms with Gasteiger partial charge in [-0.15, -0.1) is 0 Å². The van der Waals surface area contributed by atoms with E-state index in [4.69, 9.17) is 0 Å². The van der Waals surface area contributed by atoms with Crippen LogP contribution in [0.4, 0.5) is 18.9 Å². The van der Waals surface area contributed by atoms with Crippen LogP contribution >= 0.6 is 0 Å². The van der Waals surface area contributed by atoms with Gasteiger partial charge in [-0.2, -0.15) is 0 Å². The van der Waals surface area contributed by atoms with Crippen LogP contribution in [0.3, 0.4) is 0 Å². The quantitative estimate of drug-likeness (QED) is 0.837. The summed E-state index contributed by atoms with van der Waals surface area (Å²) in [6, 6.07) is 10.3. The first kappa shape index (κ1) is 18.5. The highest BCUT2D eigenvalue weighted by Gasteiger charge is 2.22. The molecule has 1 N–H and O–H groups in total. The predicted molar refractivity (Wildman–Crippen MR) is 87.2 cm³/mol. The van der Waals surface area contributed by atoms with E-state index in [-0.39, 0.29) is 18.5 Å². The van der Waals surface area contributed by atoms with Gasteiger partial charge in [0.2, 0.25) is 11.8 Å². The van der Waals surface area contributed by atoms with E-state index in [0.29, 0.717) is 6.07 Å². The Balaban J connectivity index is 2.13. The number of carbonyl (C=O) groups excluding carboxylic acids is 2. The maximum Gasteiger partial charge on any atom is 0.244 e. The maximum atomic E-state index is 13.6. The highest BCUT2D eigenvalue weighted by Crippen LogP contribution is 2.22. The number of nitrogens with one attached hydrogen (secondary N) is 1. The minimum atomic E-state index is -1.67. The molecular formula is C18H17F3N2O2. The van der Waals surface area contributed by atoms with E-state index >= 15 is 0 Å². The molecule has 0 fully saturated rings. The molecule has 0 radical (unpaired) electrons. The van der Waals surface area contributed by atoms with Gasteiger partial charge < -0.3 is 10.2 Å². The predicted octanol–water partition coefficient (Wildman–Crippen LogP) is 3.65. The molecule has 0 aliphatic carbocycles. The highest BCUT2D eigenvalue weighted by atomic mass is 19.2. The second kappa shape index (κ2) is 7.83. The number of anilines is 1. The summed E-state index contributed by atoms with van der Waals surface area (Å²) in [6.07, 6.45) is 0. The lowest BCUT2D eigenvalue weighted by Gasteiger charge is -2.28. The van der Waals surface area contributed by atoms with Gasteiger partial charge in [0.25, 0.3) is 0 Å². The molecule has 0 bridgehead atoms. The van der Waals surface area contributed by atoms with Crippen LogP contribution in [-0.2, 0) is 9.59 Å². The highest BCUT2D eigenvalue weighted by molar-refractivity contribution is 5.94. The van der Waals surface area contributed by atoms with Crippen molar-refractivity contribution in [1.82, 2.24) is 4.90 Å². The largest absolute Gasteiger partial charge is 0.327 e. The average molecular weight is 350 g/mol. The fourth-order valence-corrected chi connectivity index (χ4v) is 2.40. The standard InChI is InChI=1S/C18H17F3N2O2/c1-11(13-6-4-3-5-7-13)23(12(2)24)10-16(25)22-15-9-8-14(19)17(20)18(15)21/h3-9,11H,10H2,1-2H3,(H,22,25). The maximum absolute atomic E-state index is 13.6. The summed E-state index contributed by atoms with van der Waals surface area (Å²) < 4.78 is 39.8. The second-order valence-electron chi connectivity index (χ2n) is 5.50. The summed E-state index contributed by atoms with van der Waals surface area (Å²) >= 11 is 0. The SMILES string of the molecule is CC(=O)N(CC(=O)Nc1ccc(F)c(F)c1F)C(C)c1ccccc1. The molecule has 0 saturated heterocycles. The number of amides is 2. The zero-order chi connectivity index (χ0) is 18.6. The summed E-state index contributed by atoms with van der Waals surface area (Å²) in [5.41, 5.74) is 0.337. The summed E-state index contributed by atoms with van der Waals surface area (Å²) in [6.45, 7) is 2.71. The van der Waals surface area contributed by atoms with Crippen molar-refractivity contribution in [2.24, 2.45) is 0 Å². The van der Waals surface area contributed by atoms with Gasteiger partial charge in [-0.05, 0) is 24.6 Å². The Morgan fingerprint density at radius 1 is 1.04 bits per heavy atom. The van der Waals surface area contributed by atoms with E-state index < -0.39 is 29.0 Å². The Morgan fingerprint density at radius 2 is 1.68 bits per heavy atom. The Kier molecular flexibility index (Phi) is 5.80. The smallest absolute Gasteiger partial charge is 0.244 e. The monoisotopic (exact) mass is 350 g/mol. The summed E-state index contributed by atoms with van der Waals surface area (Å²) in [5, 5.41) is 2.16. The molecule has 25 heavy (non-hydrogen) atoms. The molecule has 2 aromatic rings. The molecule has 7 heteroatoms. The third-order valence-corrected chi connectivity index (χ3v) is 3.78. The van der Waals surface area contributed by atoms with Gasteiger partial charge in [-0.1, -0.05) is 30.3 Å². The van der Waals surface area contributed by atoms with Crippen LogP contribution in [0.25, 0.3) is 0 Å². The summed E-state index contributed by atoms with van der Waals surface area (Å²) in [7, 11) is 0. The number of hydrogen-bond donors (Lipinski definition) is 1. The van der Waals surface area contributed by atoms with Gasteiger partial charge in [0.15, 0.2) is 17.5 Å². The van der Waals surface area contributed by atoms with Gasteiger partial charge in [0.1, 0.15) is 6.54 Å². The van der Waals surface area contributed by atoms with Crippen LogP contribution in [0.1, 0.15) is 25.5 Å². The van der Waals surface area contributed by atoms with Crippen molar-refractivity contribution in [3.63, 3.8) is 0 Å². The molecule has 132 valence electrons. The molecule has 0 aromatic heterocycles. The van der Waals surface area contributed by atoms with Gasteiger partial charge in [0, 0.05) is 6.92 Å². The first-order valence-corrected chi connectivity index (χ1v) is 7.56. The van der Waals surface area contributed by atoms with E-state index in [2.05, 4.69) is 5.32 Å². The number of nitrogens with zero attached hydrogens (tertiary/aromatic N) is 1. The molecule has 0 heterocycles. The van der Waals surface area contributed by atoms with Crippen LogP contribution in [0, 0.1) is 17.5 Å². The van der Waals surface area contributed by atoms with Crippen molar-refractivity contribution in [3.05, 3.63) is 65.5 Å². The minimum Gasteiger partial charge on any atom is -0.327 e. The molecule has 0 spiro atoms. The van der Waals surface area contributed by atoms with E-state index in [1.54, 1.807) is 19.1 Å². The minimum absolute atomic E-state index is 0.350. The first-order valence-electron chi connectivity index (χ1n) is 7.56. The molecule has 0 saturated carbocycles. The van der Waals surface area contributed by atoms with Gasteiger partial charge in [-0.25, -0.2) is 13.2 Å². The van der Waals surface area contributed by atoms with E-state index in [0.717, 1.165) is 11.6 Å². The Labute approximate surface area is 143 Å². The van der Waals surface area contributed by atoms with Gasteiger partial charge >= 0.3 is 0 Å². The topological polar surface area (TPSA) is 49.4 Å². The van der Waals surface area contributed by atoms with Crippen molar-refractivity contribution in [3.8, 4) is 0 Å². The summed E-state index contributed by atoms with van der Waals surface area (Å²) in [4.78, 5) is 25.3. The van der Waals surface area contributed by atoms with Crippen molar-refractivity contribution in [2.75, 3.05) is 11.9 Å². The lowest BCUT2D eigenvalue weighted by atomic mass is 10.1. The number of carbonyl (C=O) groups is 2.